The second-order valence-corrected chi connectivity index (χ2v) is 8.81. The monoisotopic (exact) mass is 507 g/mol. The van der Waals surface area contributed by atoms with Crippen molar-refractivity contribution in [2.75, 3.05) is 19.8 Å². The van der Waals surface area contributed by atoms with E-state index in [0.29, 0.717) is 10.5 Å². The lowest BCUT2D eigenvalue weighted by Crippen LogP contribution is -2.58. The van der Waals surface area contributed by atoms with E-state index in [4.69, 9.17) is 19.9 Å². The molecule has 1 rings (SSSR count). The zero-order chi connectivity index (χ0) is 27.3. The van der Waals surface area contributed by atoms with Gasteiger partial charge in [0.05, 0.1) is 19.8 Å². The summed E-state index contributed by atoms with van der Waals surface area (Å²) in [7, 11) is 0. The summed E-state index contributed by atoms with van der Waals surface area (Å²) in [6.07, 6.45) is -1.62. The third kappa shape index (κ3) is 10.4. The van der Waals surface area contributed by atoms with Gasteiger partial charge in [-0.3, -0.25) is 14.4 Å². The number of nitrogens with two attached hydrogens (primary N) is 1. The molecular weight excluding hydrogens is 470 g/mol. The van der Waals surface area contributed by atoms with Crippen molar-refractivity contribution in [3.05, 3.63) is 35.9 Å². The molecule has 0 saturated heterocycles. The highest BCUT2D eigenvalue weighted by Gasteiger charge is 2.42. The van der Waals surface area contributed by atoms with E-state index in [1.165, 1.54) is 0 Å². The van der Waals surface area contributed by atoms with Gasteiger partial charge in [-0.15, -0.1) is 0 Å². The van der Waals surface area contributed by atoms with Crippen LogP contribution in [-0.4, -0.2) is 72.2 Å². The quantitative estimate of drug-likeness (QED) is 0.318. The second kappa shape index (κ2) is 14.8. The van der Waals surface area contributed by atoms with E-state index < -0.39 is 54.1 Å². The molecule has 0 spiro atoms. The predicted octanol–water partition coefficient (Wildman–Crippen LogP) is 1.71. The average molecular weight is 508 g/mol. The summed E-state index contributed by atoms with van der Waals surface area (Å²) in [5, 5.41) is 2.52. The summed E-state index contributed by atoms with van der Waals surface area (Å²) < 4.78 is 15.5. The van der Waals surface area contributed by atoms with Crippen LogP contribution in [0.15, 0.2) is 30.3 Å². The van der Waals surface area contributed by atoms with Crippen molar-refractivity contribution < 1.29 is 38.2 Å². The summed E-state index contributed by atoms with van der Waals surface area (Å²) in [4.78, 5) is 64.7. The smallest absolute Gasteiger partial charge is 0.417 e. The van der Waals surface area contributed by atoms with Crippen molar-refractivity contribution in [1.29, 1.82) is 0 Å². The fourth-order valence-electron chi connectivity index (χ4n) is 3.23. The number of esters is 2. The maximum absolute atomic E-state index is 13.8. The van der Waals surface area contributed by atoms with Gasteiger partial charge in [-0.2, -0.15) is 0 Å². The second-order valence-electron chi connectivity index (χ2n) is 8.81. The number of hydrogen-bond acceptors (Lipinski definition) is 9. The molecule has 3 N–H and O–H groups in total. The Morgan fingerprint density at radius 2 is 1.61 bits per heavy atom. The van der Waals surface area contributed by atoms with Crippen LogP contribution < -0.4 is 11.1 Å². The Bertz CT molecular complexity index is 898. The van der Waals surface area contributed by atoms with Crippen LogP contribution in [0.5, 0.6) is 0 Å². The van der Waals surface area contributed by atoms with Crippen LogP contribution in [0.2, 0.25) is 0 Å². The number of carbonyl (C=O) groups excluding carboxylic acids is 5. The minimum absolute atomic E-state index is 0.0120. The van der Waals surface area contributed by atoms with E-state index in [9.17, 15) is 24.0 Å². The fraction of sp³-hybridized carbons (Fsp3) is 0.560. The minimum Gasteiger partial charge on any atom is -0.466 e. The van der Waals surface area contributed by atoms with Crippen LogP contribution in [0.25, 0.3) is 0 Å². The van der Waals surface area contributed by atoms with E-state index in [1.54, 1.807) is 65.0 Å². The van der Waals surface area contributed by atoms with Crippen molar-refractivity contribution in [2.45, 2.75) is 71.6 Å². The van der Waals surface area contributed by atoms with Crippen LogP contribution in [0.4, 0.5) is 4.79 Å². The number of hydrogen-bond donors (Lipinski definition) is 2. The van der Waals surface area contributed by atoms with Crippen molar-refractivity contribution in [3.63, 3.8) is 0 Å². The van der Waals surface area contributed by atoms with E-state index in [0.717, 1.165) is 0 Å². The van der Waals surface area contributed by atoms with Gasteiger partial charge in [0.2, 0.25) is 5.91 Å². The molecule has 3 amide bonds. The first-order valence-electron chi connectivity index (χ1n) is 11.8. The van der Waals surface area contributed by atoms with E-state index >= 15 is 0 Å². The third-order valence-electron chi connectivity index (χ3n) is 4.73. The van der Waals surface area contributed by atoms with Gasteiger partial charge in [0.15, 0.2) is 0 Å². The van der Waals surface area contributed by atoms with Gasteiger partial charge in [0.1, 0.15) is 17.7 Å². The van der Waals surface area contributed by atoms with Gasteiger partial charge >= 0.3 is 18.0 Å². The Hall–Kier alpha value is -3.47. The average Bonchev–Trinajstić information content (AvgIpc) is 2.80. The first kappa shape index (κ1) is 30.6. The normalized spacial score (nSPS) is 12.6. The number of amides is 3. The number of nitrogens with zero attached hydrogens (tertiary/aromatic N) is 1. The Kier molecular flexibility index (Phi) is 12.6. The molecule has 0 fully saturated rings. The van der Waals surface area contributed by atoms with Crippen LogP contribution >= 0.6 is 0 Å². The molecule has 36 heavy (non-hydrogen) atoms. The van der Waals surface area contributed by atoms with Crippen LogP contribution in [0.1, 0.15) is 53.0 Å². The Morgan fingerprint density at radius 3 is 2.14 bits per heavy atom. The maximum Gasteiger partial charge on any atom is 0.417 e. The summed E-state index contributed by atoms with van der Waals surface area (Å²) in [5.74, 6) is -3.05. The summed E-state index contributed by atoms with van der Waals surface area (Å²) in [6.45, 7) is 7.71. The Morgan fingerprint density at radius 1 is 1.00 bits per heavy atom. The zero-order valence-electron chi connectivity index (χ0n) is 21.6. The summed E-state index contributed by atoms with van der Waals surface area (Å²) in [5.41, 5.74) is 5.12. The Labute approximate surface area is 211 Å². The molecule has 1 aromatic rings. The molecule has 2 atom stereocenters. The number of ether oxygens (including phenoxy) is 3. The highest BCUT2D eigenvalue weighted by molar-refractivity contribution is 6.01. The first-order chi connectivity index (χ1) is 16.9. The lowest BCUT2D eigenvalue weighted by molar-refractivity contribution is -0.156. The van der Waals surface area contributed by atoms with Crippen LogP contribution in [0, 0.1) is 0 Å². The van der Waals surface area contributed by atoms with E-state index in [-0.39, 0.29) is 32.5 Å². The van der Waals surface area contributed by atoms with Crippen molar-refractivity contribution in [2.24, 2.45) is 5.73 Å². The highest BCUT2D eigenvalue weighted by Crippen LogP contribution is 2.19. The van der Waals surface area contributed by atoms with Gasteiger partial charge in [0.25, 0.3) is 5.91 Å². The number of benzene rings is 1. The lowest BCUT2D eigenvalue weighted by atomic mass is 10.0. The van der Waals surface area contributed by atoms with Crippen LogP contribution in [0.3, 0.4) is 0 Å². The number of imide groups is 1. The summed E-state index contributed by atoms with van der Waals surface area (Å²) in [6, 6.07) is 6.05. The molecule has 200 valence electrons. The van der Waals surface area contributed by atoms with Gasteiger partial charge in [0, 0.05) is 12.8 Å². The lowest BCUT2D eigenvalue weighted by Gasteiger charge is -2.33. The van der Waals surface area contributed by atoms with Gasteiger partial charge in [-0.1, -0.05) is 30.3 Å². The number of carbonyl (C=O) groups is 5. The molecule has 0 aromatic heterocycles. The van der Waals surface area contributed by atoms with Crippen molar-refractivity contribution >= 4 is 29.8 Å². The predicted molar refractivity (Wildman–Crippen MR) is 130 cm³/mol. The molecule has 0 radical (unpaired) electrons. The molecule has 0 aliphatic heterocycles. The molecule has 11 heteroatoms. The molecule has 0 aliphatic carbocycles. The standard InChI is InChI=1S/C25H37N3O8/c1-6-34-21(30)14-13-19(23(32)35-7-2)28(24(33)36-25(3,4)5)22(31)18(27-20(29)16-26)15-17-11-9-8-10-12-17/h8-12,18-19H,6-7,13-16,26H2,1-5H3,(H,27,29)/t18-,19-/m1/s1. The topological polar surface area (TPSA) is 154 Å². The fourth-order valence-corrected chi connectivity index (χ4v) is 3.23. The van der Waals surface area contributed by atoms with Gasteiger partial charge in [-0.05, 0) is 46.6 Å². The molecule has 1 aromatic carbocycles. The molecule has 0 aliphatic rings. The molecule has 0 unspecified atom stereocenters. The molecule has 0 bridgehead atoms. The molecule has 0 heterocycles. The van der Waals surface area contributed by atoms with Gasteiger partial charge in [-0.25, -0.2) is 14.5 Å². The van der Waals surface area contributed by atoms with Crippen molar-refractivity contribution in [3.8, 4) is 0 Å². The number of nitrogens with one attached hydrogen (secondary N) is 1. The van der Waals surface area contributed by atoms with E-state index in [2.05, 4.69) is 5.32 Å². The minimum atomic E-state index is -1.50. The molecular formula is C25H37N3O8. The third-order valence-corrected chi connectivity index (χ3v) is 4.73. The molecule has 11 nitrogen and oxygen atoms in total. The molecule has 0 saturated carbocycles. The maximum atomic E-state index is 13.8. The first-order valence-corrected chi connectivity index (χ1v) is 11.8. The Balaban J connectivity index is 3.48. The van der Waals surface area contributed by atoms with Crippen molar-refractivity contribution in [1.82, 2.24) is 10.2 Å². The number of rotatable bonds is 12. The van der Waals surface area contributed by atoms with E-state index in [1.807, 2.05) is 0 Å². The zero-order valence-corrected chi connectivity index (χ0v) is 21.6. The summed E-state index contributed by atoms with van der Waals surface area (Å²) >= 11 is 0. The highest BCUT2D eigenvalue weighted by atomic mass is 16.6. The largest absolute Gasteiger partial charge is 0.466 e. The SMILES string of the molecule is CCOC(=O)CC[C@H](C(=O)OCC)N(C(=O)OC(C)(C)C)C(=O)[C@@H](Cc1ccccc1)NC(=O)CN. The van der Waals surface area contributed by atoms with Gasteiger partial charge < -0.3 is 25.3 Å². The van der Waals surface area contributed by atoms with Crippen LogP contribution in [-0.2, 0) is 39.8 Å².